The Morgan fingerprint density at radius 3 is 2.52 bits per heavy atom. The molecule has 1 unspecified atom stereocenters. The first-order valence-electron chi connectivity index (χ1n) is 10.7. The van der Waals surface area contributed by atoms with Gasteiger partial charge in [0.05, 0.1) is 12.9 Å². The van der Waals surface area contributed by atoms with Crippen LogP contribution in [0.2, 0.25) is 0 Å². The van der Waals surface area contributed by atoms with Crippen molar-refractivity contribution in [1.29, 1.82) is 0 Å². The van der Waals surface area contributed by atoms with Crippen molar-refractivity contribution in [1.82, 2.24) is 4.90 Å². The molecule has 0 spiro atoms. The molecule has 3 aliphatic rings. The summed E-state index contributed by atoms with van der Waals surface area (Å²) in [6.07, 6.45) is 5.75. The number of rotatable bonds is 6. The minimum absolute atomic E-state index is 0.148. The average Bonchev–Trinajstić information content (AvgIpc) is 3.29. The molecular weight excluding hydrogens is 390 g/mol. The van der Waals surface area contributed by atoms with Crippen molar-refractivity contribution >= 4 is 16.0 Å². The summed E-state index contributed by atoms with van der Waals surface area (Å²) in [7, 11) is -3.39. The molecule has 0 bridgehead atoms. The fourth-order valence-corrected chi connectivity index (χ4v) is 5.69. The van der Waals surface area contributed by atoms with E-state index in [-0.39, 0.29) is 12.5 Å². The first kappa shape index (κ1) is 20.8. The van der Waals surface area contributed by atoms with Crippen LogP contribution >= 0.6 is 0 Å². The number of carbonyl (C=O) groups is 1. The highest BCUT2D eigenvalue weighted by Crippen LogP contribution is 2.47. The zero-order chi connectivity index (χ0) is 20.4. The lowest BCUT2D eigenvalue weighted by Crippen LogP contribution is -2.37. The molecule has 1 aliphatic carbocycles. The Balaban J connectivity index is 1.34. The predicted molar refractivity (Wildman–Crippen MR) is 110 cm³/mol. The van der Waals surface area contributed by atoms with Crippen molar-refractivity contribution < 1.29 is 22.1 Å². The predicted octanol–water partition coefficient (Wildman–Crippen LogP) is 2.58. The molecule has 2 saturated heterocycles. The largest absolute Gasteiger partial charge is 0.381 e. The maximum absolute atomic E-state index is 12.9. The van der Waals surface area contributed by atoms with Crippen LogP contribution in [0.1, 0.15) is 42.7 Å². The summed E-state index contributed by atoms with van der Waals surface area (Å²) in [6, 6.07) is 8.50. The first-order chi connectivity index (χ1) is 13.9. The van der Waals surface area contributed by atoms with Gasteiger partial charge in [-0.15, -0.1) is 0 Å². The van der Waals surface area contributed by atoms with Gasteiger partial charge in [-0.05, 0) is 61.0 Å². The van der Waals surface area contributed by atoms with Gasteiger partial charge in [-0.25, -0.2) is 0 Å². The van der Waals surface area contributed by atoms with Gasteiger partial charge in [0, 0.05) is 32.2 Å². The number of nitrogens with zero attached hydrogens (tertiary/aromatic N) is 1. The van der Waals surface area contributed by atoms with Gasteiger partial charge in [-0.2, -0.15) is 8.42 Å². The van der Waals surface area contributed by atoms with Gasteiger partial charge in [-0.1, -0.05) is 24.3 Å². The molecule has 6 nitrogen and oxygen atoms in total. The van der Waals surface area contributed by atoms with E-state index in [4.69, 9.17) is 8.92 Å². The van der Waals surface area contributed by atoms with Gasteiger partial charge in [0.1, 0.15) is 0 Å². The van der Waals surface area contributed by atoms with E-state index in [1.807, 2.05) is 0 Å². The summed E-state index contributed by atoms with van der Waals surface area (Å²) in [4.78, 5) is 15.0. The maximum atomic E-state index is 12.9. The maximum Gasteiger partial charge on any atom is 0.264 e. The molecule has 0 aromatic heterocycles. The average molecular weight is 422 g/mol. The molecule has 7 heteroatoms. The van der Waals surface area contributed by atoms with E-state index in [1.54, 1.807) is 0 Å². The van der Waals surface area contributed by atoms with Crippen LogP contribution in [-0.2, 0) is 30.3 Å². The number of fused-ring (bicyclic) bond motifs is 1. The summed E-state index contributed by atoms with van der Waals surface area (Å²) in [5.41, 5.74) is 2.42. The van der Waals surface area contributed by atoms with Crippen molar-refractivity contribution in [2.75, 3.05) is 39.2 Å². The molecular formula is C22H31NO5S. The van der Waals surface area contributed by atoms with E-state index in [2.05, 4.69) is 29.2 Å². The van der Waals surface area contributed by atoms with Crippen LogP contribution in [0.15, 0.2) is 24.3 Å². The van der Waals surface area contributed by atoms with Crippen LogP contribution in [-0.4, -0.2) is 58.4 Å². The molecule has 0 radical (unpaired) electrons. The zero-order valence-electron chi connectivity index (χ0n) is 17.1. The second-order valence-electron chi connectivity index (χ2n) is 8.76. The van der Waals surface area contributed by atoms with Gasteiger partial charge >= 0.3 is 0 Å². The normalized spacial score (nSPS) is 27.9. The second kappa shape index (κ2) is 8.74. The smallest absolute Gasteiger partial charge is 0.264 e. The Kier molecular flexibility index (Phi) is 6.27. The molecule has 1 aromatic carbocycles. The van der Waals surface area contributed by atoms with E-state index in [1.165, 1.54) is 18.4 Å². The monoisotopic (exact) mass is 421 g/mol. The minimum atomic E-state index is -3.39. The van der Waals surface area contributed by atoms with Gasteiger partial charge in [0.2, 0.25) is 5.91 Å². The molecule has 1 amide bonds. The van der Waals surface area contributed by atoms with Crippen molar-refractivity contribution in [3.05, 3.63) is 35.4 Å². The fraction of sp³-hybridized carbons (Fsp3) is 0.682. The summed E-state index contributed by atoms with van der Waals surface area (Å²) in [5, 5.41) is 0. The Bertz CT molecular complexity index is 816. The third kappa shape index (κ3) is 5.01. The summed E-state index contributed by atoms with van der Waals surface area (Å²) in [6.45, 7) is 3.39. The van der Waals surface area contributed by atoms with Crippen molar-refractivity contribution in [2.45, 2.75) is 38.0 Å². The molecule has 29 heavy (non-hydrogen) atoms. The molecule has 1 saturated carbocycles. The first-order valence-corrected chi connectivity index (χ1v) is 12.5. The fourth-order valence-electron chi connectivity index (χ4n) is 5.30. The Morgan fingerprint density at radius 1 is 1.10 bits per heavy atom. The SMILES string of the molecule is CS(=O)(=O)OCCc1ccc(C2CC[C@@H]3CN(C(=O)C4CCOCC4)C[C@H]23)cc1. The van der Waals surface area contributed by atoms with Crippen LogP contribution in [0.3, 0.4) is 0 Å². The molecule has 3 atom stereocenters. The van der Waals surface area contributed by atoms with Crippen molar-refractivity contribution in [2.24, 2.45) is 17.8 Å². The number of hydrogen-bond donors (Lipinski definition) is 0. The summed E-state index contributed by atoms with van der Waals surface area (Å²) in [5.74, 6) is 2.16. The van der Waals surface area contributed by atoms with E-state index in [0.29, 0.717) is 43.3 Å². The van der Waals surface area contributed by atoms with Crippen LogP contribution in [0.4, 0.5) is 0 Å². The quantitative estimate of drug-likeness (QED) is 0.660. The molecule has 2 aliphatic heterocycles. The van der Waals surface area contributed by atoms with Gasteiger partial charge in [0.25, 0.3) is 10.1 Å². The molecule has 1 aromatic rings. The Hall–Kier alpha value is -1.44. The number of likely N-dealkylation sites (tertiary alicyclic amines) is 1. The molecule has 4 rings (SSSR count). The molecule has 3 fully saturated rings. The van der Waals surface area contributed by atoms with Crippen molar-refractivity contribution in [3.63, 3.8) is 0 Å². The van der Waals surface area contributed by atoms with Crippen LogP contribution in [0, 0.1) is 17.8 Å². The third-order valence-electron chi connectivity index (χ3n) is 6.84. The molecule has 0 N–H and O–H groups in total. The van der Waals surface area contributed by atoms with E-state index >= 15 is 0 Å². The van der Waals surface area contributed by atoms with Gasteiger partial charge in [0.15, 0.2) is 0 Å². The van der Waals surface area contributed by atoms with Gasteiger partial charge in [-0.3, -0.25) is 8.98 Å². The highest BCUT2D eigenvalue weighted by atomic mass is 32.2. The minimum Gasteiger partial charge on any atom is -0.381 e. The highest BCUT2D eigenvalue weighted by Gasteiger charge is 2.45. The zero-order valence-corrected chi connectivity index (χ0v) is 17.9. The lowest BCUT2D eigenvalue weighted by Gasteiger charge is -2.27. The number of carbonyl (C=O) groups excluding carboxylic acids is 1. The lowest BCUT2D eigenvalue weighted by atomic mass is 9.86. The second-order valence-corrected chi connectivity index (χ2v) is 10.4. The number of amides is 1. The number of hydrogen-bond acceptors (Lipinski definition) is 5. The van der Waals surface area contributed by atoms with Crippen LogP contribution in [0.5, 0.6) is 0 Å². The third-order valence-corrected chi connectivity index (χ3v) is 7.43. The van der Waals surface area contributed by atoms with E-state index in [9.17, 15) is 13.2 Å². The Morgan fingerprint density at radius 2 is 1.83 bits per heavy atom. The Labute approximate surface area is 173 Å². The van der Waals surface area contributed by atoms with Crippen LogP contribution in [0.25, 0.3) is 0 Å². The van der Waals surface area contributed by atoms with Crippen LogP contribution < -0.4 is 0 Å². The number of benzene rings is 1. The molecule has 160 valence electrons. The van der Waals surface area contributed by atoms with Gasteiger partial charge < -0.3 is 9.64 Å². The van der Waals surface area contributed by atoms with Crippen molar-refractivity contribution in [3.8, 4) is 0 Å². The summed E-state index contributed by atoms with van der Waals surface area (Å²) < 4.78 is 32.4. The number of ether oxygens (including phenoxy) is 1. The van der Waals surface area contributed by atoms with E-state index in [0.717, 1.165) is 37.8 Å². The van der Waals surface area contributed by atoms with E-state index < -0.39 is 10.1 Å². The lowest BCUT2D eigenvalue weighted by molar-refractivity contribution is -0.137. The topological polar surface area (TPSA) is 72.9 Å². The highest BCUT2D eigenvalue weighted by molar-refractivity contribution is 7.85. The molecule has 2 heterocycles. The summed E-state index contributed by atoms with van der Waals surface area (Å²) >= 11 is 0. The standard InChI is InChI=1S/C22H31NO5S/c1-29(25,26)28-13-8-16-2-4-17(5-3-16)20-7-6-19-14-23(15-21(19)20)22(24)18-9-11-27-12-10-18/h2-5,18-21H,6-15H2,1H3/t19-,20?,21+/m1/s1.